The summed E-state index contributed by atoms with van der Waals surface area (Å²) in [7, 11) is 0. The third-order valence-corrected chi connectivity index (χ3v) is 7.80. The highest BCUT2D eigenvalue weighted by Gasteiger charge is 2.27. The highest BCUT2D eigenvalue weighted by atomic mass is 16.5. The van der Waals surface area contributed by atoms with Crippen molar-refractivity contribution in [3.05, 3.63) is 157 Å². The molecule has 5 heteroatoms. The van der Waals surface area contributed by atoms with Crippen LogP contribution in [0.3, 0.4) is 0 Å². The van der Waals surface area contributed by atoms with E-state index in [9.17, 15) is 5.11 Å². The fourth-order valence-corrected chi connectivity index (χ4v) is 5.77. The van der Waals surface area contributed by atoms with Gasteiger partial charge in [0.1, 0.15) is 6.10 Å². The van der Waals surface area contributed by atoms with Crippen LogP contribution in [0, 0.1) is 0 Å². The van der Waals surface area contributed by atoms with Gasteiger partial charge in [-0.2, -0.15) is 0 Å². The summed E-state index contributed by atoms with van der Waals surface area (Å²) >= 11 is 0. The second-order valence-corrected chi connectivity index (χ2v) is 10.3. The number of rotatable bonds is 4. The van der Waals surface area contributed by atoms with Gasteiger partial charge in [0.05, 0.1) is 22.7 Å². The zero-order valence-corrected chi connectivity index (χ0v) is 22.6. The third-order valence-electron chi connectivity index (χ3n) is 7.80. The van der Waals surface area contributed by atoms with E-state index in [1.807, 2.05) is 121 Å². The molecule has 0 aromatic heterocycles. The Labute approximate surface area is 244 Å². The molecular formula is C37H26N2O3. The lowest BCUT2D eigenvalue weighted by atomic mass is 10.00. The number of anilines is 6. The number of nitrogens with zero attached hydrogens (tertiary/aromatic N) is 2. The number of benzene rings is 6. The van der Waals surface area contributed by atoms with Crippen molar-refractivity contribution in [3.63, 3.8) is 0 Å². The van der Waals surface area contributed by atoms with Crippen molar-refractivity contribution in [3.8, 4) is 23.0 Å². The molecule has 6 aromatic rings. The van der Waals surface area contributed by atoms with Crippen molar-refractivity contribution in [2.75, 3.05) is 9.80 Å². The van der Waals surface area contributed by atoms with Crippen LogP contribution in [0.5, 0.6) is 23.0 Å². The predicted octanol–water partition coefficient (Wildman–Crippen LogP) is 9.92. The molecule has 0 radical (unpaired) electrons. The molecule has 42 heavy (non-hydrogen) atoms. The molecule has 0 amide bonds. The normalized spacial score (nSPS) is 12.9. The smallest absolute Gasteiger partial charge is 0.151 e. The summed E-state index contributed by atoms with van der Waals surface area (Å²) in [6.45, 7) is 0. The molecule has 5 nitrogen and oxygen atoms in total. The van der Waals surface area contributed by atoms with E-state index in [-0.39, 0.29) is 0 Å². The van der Waals surface area contributed by atoms with E-state index in [1.165, 1.54) is 0 Å². The Bertz CT molecular complexity index is 1690. The van der Waals surface area contributed by atoms with Gasteiger partial charge in [0, 0.05) is 11.4 Å². The van der Waals surface area contributed by atoms with Crippen LogP contribution < -0.4 is 19.3 Å². The van der Waals surface area contributed by atoms with Crippen LogP contribution in [0.1, 0.15) is 17.2 Å². The maximum absolute atomic E-state index is 11.4. The Morgan fingerprint density at radius 1 is 0.381 bits per heavy atom. The molecule has 202 valence electrons. The van der Waals surface area contributed by atoms with Gasteiger partial charge < -0.3 is 24.4 Å². The van der Waals surface area contributed by atoms with Crippen LogP contribution in [-0.4, -0.2) is 5.11 Å². The van der Waals surface area contributed by atoms with Crippen LogP contribution >= 0.6 is 0 Å². The van der Waals surface area contributed by atoms with Crippen LogP contribution in [0.2, 0.25) is 0 Å². The van der Waals surface area contributed by atoms with Gasteiger partial charge in [-0.3, -0.25) is 0 Å². The first-order valence-corrected chi connectivity index (χ1v) is 13.9. The van der Waals surface area contributed by atoms with Gasteiger partial charge in [0.2, 0.25) is 0 Å². The molecule has 2 aliphatic rings. The molecule has 0 bridgehead atoms. The summed E-state index contributed by atoms with van der Waals surface area (Å²) in [6, 6.07) is 48.3. The lowest BCUT2D eigenvalue weighted by molar-refractivity contribution is 0.220. The number of ether oxygens (including phenoxy) is 2. The maximum Gasteiger partial charge on any atom is 0.151 e. The molecule has 6 aromatic carbocycles. The van der Waals surface area contributed by atoms with E-state index in [0.29, 0.717) is 0 Å². The number of fused-ring (bicyclic) bond motifs is 4. The SMILES string of the molecule is OC(c1ccc(N2c3ccccc3Oc3ccccc32)cc1)c1ccc(N2c3ccccc3Oc3ccccc32)cc1. The second-order valence-electron chi connectivity index (χ2n) is 10.3. The van der Waals surface area contributed by atoms with Gasteiger partial charge in [0.25, 0.3) is 0 Å². The third kappa shape index (κ3) is 3.99. The quantitative estimate of drug-likeness (QED) is 0.238. The van der Waals surface area contributed by atoms with Gasteiger partial charge in [-0.1, -0.05) is 72.8 Å². The Morgan fingerprint density at radius 3 is 0.976 bits per heavy atom. The van der Waals surface area contributed by atoms with E-state index in [1.54, 1.807) is 0 Å². The fraction of sp³-hybridized carbons (Fsp3) is 0.0270. The first-order chi connectivity index (χ1) is 20.7. The van der Waals surface area contributed by atoms with Gasteiger partial charge in [-0.05, 0) is 83.9 Å². The molecule has 1 N–H and O–H groups in total. The lowest BCUT2D eigenvalue weighted by Crippen LogP contribution is -2.16. The number of para-hydroxylation sites is 8. The van der Waals surface area contributed by atoms with Crippen molar-refractivity contribution < 1.29 is 14.6 Å². The molecule has 0 spiro atoms. The molecule has 0 fully saturated rings. The Morgan fingerprint density at radius 2 is 0.667 bits per heavy atom. The molecule has 2 heterocycles. The number of aliphatic hydroxyl groups excluding tert-OH is 1. The zero-order valence-electron chi connectivity index (χ0n) is 22.6. The average Bonchev–Trinajstić information content (AvgIpc) is 3.06. The second kappa shape index (κ2) is 9.84. The van der Waals surface area contributed by atoms with Crippen LogP contribution in [0.4, 0.5) is 34.1 Å². The van der Waals surface area contributed by atoms with E-state index in [4.69, 9.17) is 9.47 Å². The maximum atomic E-state index is 11.4. The Balaban J connectivity index is 1.09. The predicted molar refractivity (Wildman–Crippen MR) is 166 cm³/mol. The first kappa shape index (κ1) is 24.3. The largest absolute Gasteiger partial charge is 0.453 e. The minimum absolute atomic E-state index is 0.762. The van der Waals surface area contributed by atoms with Crippen molar-refractivity contribution >= 4 is 34.1 Å². The molecular weight excluding hydrogens is 520 g/mol. The van der Waals surface area contributed by atoms with E-state index in [0.717, 1.165) is 68.2 Å². The zero-order chi connectivity index (χ0) is 28.0. The minimum atomic E-state index is -0.762. The minimum Gasteiger partial charge on any atom is -0.453 e. The number of hydrogen-bond donors (Lipinski definition) is 1. The summed E-state index contributed by atoms with van der Waals surface area (Å²) in [4.78, 5) is 4.38. The highest BCUT2D eigenvalue weighted by Crippen LogP contribution is 2.51. The van der Waals surface area contributed by atoms with Crippen LogP contribution in [0.15, 0.2) is 146 Å². The lowest BCUT2D eigenvalue weighted by Gasteiger charge is -2.33. The summed E-state index contributed by atoms with van der Waals surface area (Å²) in [5, 5.41) is 11.4. The highest BCUT2D eigenvalue weighted by molar-refractivity contribution is 5.87. The van der Waals surface area contributed by atoms with Crippen molar-refractivity contribution in [1.29, 1.82) is 0 Å². The van der Waals surface area contributed by atoms with Crippen molar-refractivity contribution in [2.45, 2.75) is 6.10 Å². The Hall–Kier alpha value is -5.52. The topological polar surface area (TPSA) is 45.2 Å². The van der Waals surface area contributed by atoms with E-state index < -0.39 is 6.10 Å². The number of hydrogen-bond acceptors (Lipinski definition) is 5. The van der Waals surface area contributed by atoms with E-state index in [2.05, 4.69) is 34.1 Å². The Kier molecular flexibility index (Phi) is 5.69. The molecule has 0 saturated carbocycles. The molecule has 0 unspecified atom stereocenters. The molecule has 0 saturated heterocycles. The summed E-state index contributed by atoms with van der Waals surface area (Å²) in [5.74, 6) is 3.24. The summed E-state index contributed by atoms with van der Waals surface area (Å²) in [5.41, 5.74) is 7.55. The van der Waals surface area contributed by atoms with Crippen molar-refractivity contribution in [2.24, 2.45) is 0 Å². The molecule has 0 aliphatic carbocycles. The molecule has 2 aliphatic heterocycles. The van der Waals surface area contributed by atoms with Gasteiger partial charge >= 0.3 is 0 Å². The molecule has 8 rings (SSSR count). The van der Waals surface area contributed by atoms with Gasteiger partial charge in [0.15, 0.2) is 23.0 Å². The standard InChI is InChI=1S/C37H26N2O3/c40-37(25-17-21-27(22-18-25)38-29-9-1-5-13-33(29)41-34-14-6-2-10-30(34)38)26-19-23-28(24-20-26)39-31-11-3-7-15-35(31)42-36-16-8-4-12-32(36)39/h1-24,37,40H. The van der Waals surface area contributed by atoms with Crippen LogP contribution in [-0.2, 0) is 0 Å². The average molecular weight is 547 g/mol. The van der Waals surface area contributed by atoms with Crippen LogP contribution in [0.25, 0.3) is 0 Å². The fourth-order valence-electron chi connectivity index (χ4n) is 5.77. The summed E-state index contributed by atoms with van der Waals surface area (Å²) in [6.07, 6.45) is -0.762. The van der Waals surface area contributed by atoms with E-state index >= 15 is 0 Å². The van der Waals surface area contributed by atoms with Gasteiger partial charge in [-0.15, -0.1) is 0 Å². The molecule has 0 atom stereocenters. The van der Waals surface area contributed by atoms with Gasteiger partial charge in [-0.25, -0.2) is 0 Å². The first-order valence-electron chi connectivity index (χ1n) is 13.9. The summed E-state index contributed by atoms with van der Waals surface area (Å²) < 4.78 is 12.3. The van der Waals surface area contributed by atoms with Crippen molar-refractivity contribution in [1.82, 2.24) is 0 Å². The number of aliphatic hydroxyl groups is 1. The monoisotopic (exact) mass is 546 g/mol.